The van der Waals surface area contributed by atoms with Crippen LogP contribution >= 0.6 is 0 Å². The summed E-state index contributed by atoms with van der Waals surface area (Å²) >= 11 is 0. The zero-order valence-electron chi connectivity index (χ0n) is 47.5. The summed E-state index contributed by atoms with van der Waals surface area (Å²) in [6.45, 7) is 6.03. The number of hydrogen-bond acceptors (Lipinski definition) is 16. The van der Waals surface area contributed by atoms with Gasteiger partial charge in [-0.3, -0.25) is 57.9 Å². The fourth-order valence-corrected chi connectivity index (χ4v) is 8.29. The number of nitrogens with zero attached hydrogens (tertiary/aromatic N) is 4. The third kappa shape index (κ3) is 24.7. The third-order valence-electron chi connectivity index (χ3n) is 13.4. The van der Waals surface area contributed by atoms with Gasteiger partial charge in [-0.15, -0.1) is 0 Å². The van der Waals surface area contributed by atoms with Gasteiger partial charge in [-0.05, 0) is 83.6 Å². The first-order chi connectivity index (χ1) is 39.2. The van der Waals surface area contributed by atoms with E-state index in [0.29, 0.717) is 31.4 Å². The molecule has 1 saturated carbocycles. The van der Waals surface area contributed by atoms with Gasteiger partial charge in [0.1, 0.15) is 48.8 Å². The number of nitrogens with two attached hydrogens (primary N) is 5. The molecule has 31 nitrogen and oxygen atoms in total. The number of aryl methyl sites for hydroxylation is 1. The highest BCUT2D eigenvalue weighted by Gasteiger charge is 2.40. The van der Waals surface area contributed by atoms with Gasteiger partial charge in [0.2, 0.25) is 53.2 Å². The Labute approximate surface area is 480 Å². The molecule has 3 rings (SSSR count). The summed E-state index contributed by atoms with van der Waals surface area (Å²) in [6.07, 6.45) is 1.62. The van der Waals surface area contributed by atoms with Crippen LogP contribution in [0.1, 0.15) is 97.2 Å². The second-order valence-electron chi connectivity index (χ2n) is 20.4. The summed E-state index contributed by atoms with van der Waals surface area (Å²) in [6, 6.07) is -2.54. The molecular formula is C52H84N18O13. The second kappa shape index (κ2) is 34.7. The number of aliphatic carboxylic acids is 1. The molecule has 0 saturated heterocycles. The highest BCUT2D eigenvalue weighted by Crippen LogP contribution is 2.28. The number of aliphatic hydroxyl groups excluding tert-OH is 2. The maximum absolute atomic E-state index is 14.2. The van der Waals surface area contributed by atoms with Crippen LogP contribution in [0, 0.1) is 5.92 Å². The predicted octanol–water partition coefficient (Wildman–Crippen LogP) is -5.57. The molecule has 9 amide bonds. The number of aromatic nitrogens is 2. The van der Waals surface area contributed by atoms with Gasteiger partial charge in [0, 0.05) is 37.4 Å². The number of carboxylic acid groups (broad SMARTS) is 1. The molecule has 0 bridgehead atoms. The van der Waals surface area contributed by atoms with E-state index in [-0.39, 0.29) is 69.6 Å². The average molecular weight is 1170 g/mol. The summed E-state index contributed by atoms with van der Waals surface area (Å²) in [5.41, 5.74) is 28.8. The smallest absolute Gasteiger partial charge is 0.323 e. The van der Waals surface area contributed by atoms with Gasteiger partial charge in [-0.1, -0.05) is 50.6 Å². The van der Waals surface area contributed by atoms with E-state index < -0.39 is 139 Å². The highest BCUT2D eigenvalue weighted by molar-refractivity contribution is 5.98. The molecule has 1 unspecified atom stereocenters. The summed E-state index contributed by atoms with van der Waals surface area (Å²) in [5.74, 6) is -9.97. The SMILES string of the molecule is CCC(C)[C@H](NC(=O)[C@@H](CCCN=C(N)N)NC(=O)CNC(=O)[C@@H](NC(=O)[C@@H](NC(=O)[C@H](Cc1cnc[nH]1)NC(=O)[C@H](CCc1ccccc1)NC(=O)[C@H](C)NC(=O)[C@@H](N)CCCN=C(N)N)[C@@H](C)O)[C@@H](C)O)C(=O)N(CC(=O)O)C1CC1. The van der Waals surface area contributed by atoms with Crippen LogP contribution in [0.15, 0.2) is 52.8 Å². The van der Waals surface area contributed by atoms with Crippen LogP contribution in [0.5, 0.6) is 0 Å². The maximum Gasteiger partial charge on any atom is 0.323 e. The van der Waals surface area contributed by atoms with Gasteiger partial charge < -0.3 is 96.4 Å². The first-order valence-electron chi connectivity index (χ1n) is 27.4. The minimum atomic E-state index is -1.85. The van der Waals surface area contributed by atoms with Crippen molar-refractivity contribution < 1.29 is 63.3 Å². The van der Waals surface area contributed by atoms with Gasteiger partial charge in [-0.2, -0.15) is 0 Å². The molecule has 22 N–H and O–H groups in total. The number of aliphatic imine (C=N–C) groups is 2. The van der Waals surface area contributed by atoms with Crippen molar-refractivity contribution in [1.29, 1.82) is 0 Å². The van der Waals surface area contributed by atoms with Crippen molar-refractivity contribution in [2.75, 3.05) is 26.2 Å². The Morgan fingerprint density at radius 3 is 1.77 bits per heavy atom. The minimum absolute atomic E-state index is 0.00253. The molecule has 1 aromatic heterocycles. The number of H-pyrrole nitrogens is 1. The van der Waals surface area contributed by atoms with Crippen molar-refractivity contribution in [2.24, 2.45) is 44.6 Å². The van der Waals surface area contributed by atoms with Crippen LogP contribution < -0.4 is 71.2 Å². The van der Waals surface area contributed by atoms with E-state index in [9.17, 15) is 63.3 Å². The van der Waals surface area contributed by atoms with E-state index in [1.165, 1.54) is 24.3 Å². The van der Waals surface area contributed by atoms with E-state index in [2.05, 4.69) is 62.5 Å². The third-order valence-corrected chi connectivity index (χ3v) is 13.4. The lowest BCUT2D eigenvalue weighted by Gasteiger charge is -2.31. The van der Waals surface area contributed by atoms with Gasteiger partial charge in [-0.25, -0.2) is 4.98 Å². The summed E-state index contributed by atoms with van der Waals surface area (Å²) in [7, 11) is 0. The zero-order valence-corrected chi connectivity index (χ0v) is 47.5. The van der Waals surface area contributed by atoms with Crippen molar-refractivity contribution in [3.05, 3.63) is 54.1 Å². The van der Waals surface area contributed by atoms with Gasteiger partial charge >= 0.3 is 5.97 Å². The molecule has 0 radical (unpaired) electrons. The number of carbonyl (C=O) groups excluding carboxylic acids is 9. The van der Waals surface area contributed by atoms with Crippen molar-refractivity contribution in [3.63, 3.8) is 0 Å². The number of aliphatic hydroxyl groups is 2. The molecule has 83 heavy (non-hydrogen) atoms. The second-order valence-corrected chi connectivity index (χ2v) is 20.4. The average Bonchev–Trinajstić information content (AvgIpc) is 4.33. The van der Waals surface area contributed by atoms with Crippen LogP contribution in [0.2, 0.25) is 0 Å². The number of nitrogens with one attached hydrogen (secondary N) is 9. The quantitative estimate of drug-likeness (QED) is 0.0170. The first-order valence-corrected chi connectivity index (χ1v) is 27.4. The number of guanidine groups is 2. The van der Waals surface area contributed by atoms with Crippen molar-refractivity contribution in [1.82, 2.24) is 57.4 Å². The van der Waals surface area contributed by atoms with Crippen LogP contribution in [0.3, 0.4) is 0 Å². The molecule has 0 aliphatic heterocycles. The number of aromatic amines is 1. The number of imidazole rings is 1. The Balaban J connectivity index is 1.78. The molecule has 2 aromatic rings. The normalized spacial score (nSPS) is 15.9. The highest BCUT2D eigenvalue weighted by atomic mass is 16.4. The molecule has 460 valence electrons. The molecule has 31 heteroatoms. The van der Waals surface area contributed by atoms with Crippen LogP contribution in [0.4, 0.5) is 0 Å². The lowest BCUT2D eigenvalue weighted by atomic mass is 9.96. The van der Waals surface area contributed by atoms with E-state index >= 15 is 0 Å². The van der Waals surface area contributed by atoms with E-state index in [1.54, 1.807) is 44.2 Å². The predicted molar refractivity (Wildman–Crippen MR) is 302 cm³/mol. The molecule has 0 spiro atoms. The lowest BCUT2D eigenvalue weighted by molar-refractivity contribution is -0.147. The van der Waals surface area contributed by atoms with Gasteiger partial charge in [0.05, 0.1) is 31.1 Å². The molecule has 1 aliphatic carbocycles. The number of carboxylic acids is 1. The van der Waals surface area contributed by atoms with Crippen LogP contribution in [0.25, 0.3) is 0 Å². The zero-order chi connectivity index (χ0) is 61.9. The summed E-state index contributed by atoms with van der Waals surface area (Å²) in [5, 5.41) is 51.0. The van der Waals surface area contributed by atoms with Crippen molar-refractivity contribution in [3.8, 4) is 0 Å². The maximum atomic E-state index is 14.2. The molecule has 11 atom stereocenters. The van der Waals surface area contributed by atoms with Crippen LogP contribution in [-0.2, 0) is 60.8 Å². The van der Waals surface area contributed by atoms with E-state index in [0.717, 1.165) is 19.4 Å². The van der Waals surface area contributed by atoms with Crippen LogP contribution in [-0.4, -0.2) is 194 Å². The van der Waals surface area contributed by atoms with Gasteiger partial charge in [0.15, 0.2) is 11.9 Å². The Kier molecular flexibility index (Phi) is 28.8. The molecular weight excluding hydrogens is 1080 g/mol. The largest absolute Gasteiger partial charge is 0.480 e. The van der Waals surface area contributed by atoms with Crippen molar-refractivity contribution >= 4 is 71.1 Å². The number of rotatable bonds is 37. The number of carbonyl (C=O) groups is 10. The molecule has 1 fully saturated rings. The Morgan fingerprint density at radius 2 is 1.22 bits per heavy atom. The van der Waals surface area contributed by atoms with E-state index in [1.807, 2.05) is 0 Å². The number of benzene rings is 1. The van der Waals surface area contributed by atoms with Crippen molar-refractivity contribution in [2.45, 2.75) is 165 Å². The molecule has 1 aliphatic rings. The summed E-state index contributed by atoms with van der Waals surface area (Å²) in [4.78, 5) is 151. The fourth-order valence-electron chi connectivity index (χ4n) is 8.29. The Morgan fingerprint density at radius 1 is 0.675 bits per heavy atom. The topological polar surface area (TPSA) is 514 Å². The summed E-state index contributed by atoms with van der Waals surface area (Å²) < 4.78 is 0. The lowest BCUT2D eigenvalue weighted by Crippen LogP contribution is -2.62. The number of hydrogen-bond donors (Lipinski definition) is 17. The molecule has 1 heterocycles. The Hall–Kier alpha value is -8.45. The van der Waals surface area contributed by atoms with E-state index in [4.69, 9.17) is 28.7 Å². The molecule has 1 aromatic carbocycles. The Bertz CT molecular complexity index is 2540. The first kappa shape index (κ1) is 68.8. The monoisotopic (exact) mass is 1170 g/mol. The van der Waals surface area contributed by atoms with Gasteiger partial charge in [0.25, 0.3) is 0 Å². The fraction of sp³-hybridized carbons (Fsp3) is 0.596. The standard InChI is InChI=1S/C52H84N18O13/c1-6-27(2)40(50(83)70(25-39(74)75)33-17-18-33)67-46(79)35(15-11-21-60-52(56)57)64-38(73)24-61-48(81)41(29(4)71)69-49(82)42(30(5)72)68-47(80)37(22-32-23-58-26-62-32)66-45(78)36(19-16-31-12-8-7-9-13-31)65-43(76)28(3)63-44(77)34(53)14-10-20-59-51(54)55/h7-9,12-13,23,26-30,33-37,40-42,71-72H,6,10-11,14-22,24-25,53H2,1-5H3,(H,58,62)(H,61,81)(H,63,77)(H,64,73)(H,65,76)(H,66,78)(H,67,79)(H,68,80)(H,69,82)(H,74,75)(H4,54,55,59)(H4,56,57,60)/t27?,28-,29+,30+,34-,35+,36-,37-,40-,41-,42-/m0/s1. The minimum Gasteiger partial charge on any atom is -0.480 e. The number of amides is 9.